The molecule has 3 nitrogen and oxygen atoms in total. The molecule has 0 atom stereocenters. The summed E-state index contributed by atoms with van der Waals surface area (Å²) in [5.41, 5.74) is 7.35. The summed E-state index contributed by atoms with van der Waals surface area (Å²) in [5.74, 6) is -0.208. The molecule has 2 aromatic rings. The van der Waals surface area contributed by atoms with E-state index >= 15 is 0 Å². The molecule has 0 spiro atoms. The predicted octanol–water partition coefficient (Wildman–Crippen LogP) is 3.78. The fraction of sp³-hybridized carbons (Fsp3) is 0. The molecule has 0 aliphatic rings. The Kier molecular flexibility index (Phi) is 4.08. The molecule has 18 heavy (non-hydrogen) atoms. The lowest BCUT2D eigenvalue weighted by molar-refractivity contribution is 0.102. The second-order valence-corrected chi connectivity index (χ2v) is 5.37. The molecule has 1 amide bonds. The van der Waals surface area contributed by atoms with Crippen LogP contribution in [-0.2, 0) is 0 Å². The monoisotopic (exact) mass is 372 g/mol. The predicted molar refractivity (Wildman–Crippen MR) is 83.0 cm³/mol. The summed E-state index contributed by atoms with van der Waals surface area (Å²) in [6, 6.07) is 12.2. The lowest BCUT2D eigenvalue weighted by Crippen LogP contribution is -2.13. The number of benzene rings is 2. The number of hydrogen-bond donors (Lipinski definition) is 2. The van der Waals surface area contributed by atoms with Gasteiger partial charge in [0.15, 0.2) is 0 Å². The van der Waals surface area contributed by atoms with Crippen molar-refractivity contribution in [2.45, 2.75) is 0 Å². The highest BCUT2D eigenvalue weighted by Crippen LogP contribution is 2.23. The van der Waals surface area contributed by atoms with Crippen LogP contribution < -0.4 is 11.1 Å². The van der Waals surface area contributed by atoms with E-state index in [1.807, 2.05) is 12.1 Å². The van der Waals surface area contributed by atoms with Gasteiger partial charge in [-0.1, -0.05) is 11.6 Å². The number of nitrogen functional groups attached to an aromatic ring is 1. The summed E-state index contributed by atoms with van der Waals surface area (Å²) in [5, 5.41) is 3.27. The van der Waals surface area contributed by atoms with Crippen molar-refractivity contribution in [2.24, 2.45) is 0 Å². The van der Waals surface area contributed by atoms with Crippen molar-refractivity contribution in [3.05, 3.63) is 56.6 Å². The fourth-order valence-corrected chi connectivity index (χ4v) is 1.96. The van der Waals surface area contributed by atoms with Crippen LogP contribution in [0.5, 0.6) is 0 Å². The summed E-state index contributed by atoms with van der Waals surface area (Å²) >= 11 is 8.04. The van der Waals surface area contributed by atoms with Crippen LogP contribution in [0.3, 0.4) is 0 Å². The Morgan fingerprint density at radius 2 is 1.83 bits per heavy atom. The Hall–Kier alpha value is -1.27. The lowest BCUT2D eigenvalue weighted by atomic mass is 10.2. The number of nitrogens with two attached hydrogens (primary N) is 1. The average Bonchev–Trinajstić information content (AvgIpc) is 2.34. The maximum Gasteiger partial charge on any atom is 0.255 e. The molecule has 0 heterocycles. The van der Waals surface area contributed by atoms with Crippen LogP contribution in [0.1, 0.15) is 10.4 Å². The summed E-state index contributed by atoms with van der Waals surface area (Å²) < 4.78 is 1.08. The summed E-state index contributed by atoms with van der Waals surface area (Å²) in [7, 11) is 0. The molecule has 0 fully saturated rings. The van der Waals surface area contributed by atoms with E-state index in [4.69, 9.17) is 17.3 Å². The molecule has 2 aromatic carbocycles. The van der Waals surface area contributed by atoms with Crippen molar-refractivity contribution in [2.75, 3.05) is 11.1 Å². The molecule has 0 radical (unpaired) electrons. The van der Waals surface area contributed by atoms with Crippen LogP contribution in [0.25, 0.3) is 0 Å². The number of halogens is 2. The minimum absolute atomic E-state index is 0.208. The first-order valence-electron chi connectivity index (χ1n) is 5.18. The van der Waals surface area contributed by atoms with Gasteiger partial charge in [-0.15, -0.1) is 0 Å². The number of amides is 1. The first-order chi connectivity index (χ1) is 8.56. The van der Waals surface area contributed by atoms with E-state index < -0.39 is 0 Å². The molecule has 0 saturated carbocycles. The summed E-state index contributed by atoms with van der Waals surface area (Å²) in [6.07, 6.45) is 0. The third kappa shape index (κ3) is 3.14. The van der Waals surface area contributed by atoms with Crippen LogP contribution in [0.4, 0.5) is 11.4 Å². The van der Waals surface area contributed by atoms with Gasteiger partial charge in [0.2, 0.25) is 0 Å². The zero-order chi connectivity index (χ0) is 13.1. The minimum Gasteiger partial charge on any atom is -0.397 e. The smallest absolute Gasteiger partial charge is 0.255 e. The van der Waals surface area contributed by atoms with Gasteiger partial charge in [0.1, 0.15) is 0 Å². The Morgan fingerprint density at radius 1 is 1.17 bits per heavy atom. The fourth-order valence-electron chi connectivity index (χ4n) is 1.43. The highest BCUT2D eigenvalue weighted by atomic mass is 127. The molecular formula is C13H10ClIN2O. The van der Waals surface area contributed by atoms with Crippen molar-refractivity contribution < 1.29 is 4.79 Å². The molecule has 0 aliphatic heterocycles. The normalized spacial score (nSPS) is 10.1. The number of anilines is 2. The average molecular weight is 373 g/mol. The SMILES string of the molecule is Nc1ccc(Cl)cc1NC(=O)c1ccc(I)cc1. The standard InChI is InChI=1S/C13H10ClIN2O/c14-9-3-6-11(16)12(7-9)17-13(18)8-1-4-10(15)5-2-8/h1-7H,16H2,(H,17,18). The number of nitrogens with one attached hydrogen (secondary N) is 1. The van der Waals surface area contributed by atoms with Crippen LogP contribution in [0.2, 0.25) is 5.02 Å². The number of rotatable bonds is 2. The molecule has 2 rings (SSSR count). The van der Waals surface area contributed by atoms with E-state index in [0.717, 1.165) is 3.57 Å². The van der Waals surface area contributed by atoms with E-state index in [1.165, 1.54) is 0 Å². The van der Waals surface area contributed by atoms with Crippen LogP contribution >= 0.6 is 34.2 Å². The number of carbonyl (C=O) groups excluding carboxylic acids is 1. The van der Waals surface area contributed by atoms with Gasteiger partial charge in [-0.05, 0) is 65.1 Å². The number of hydrogen-bond acceptors (Lipinski definition) is 2. The van der Waals surface area contributed by atoms with Gasteiger partial charge in [-0.3, -0.25) is 4.79 Å². The van der Waals surface area contributed by atoms with Gasteiger partial charge >= 0.3 is 0 Å². The van der Waals surface area contributed by atoms with Crippen molar-refractivity contribution in [1.82, 2.24) is 0 Å². The molecule has 0 saturated heterocycles. The van der Waals surface area contributed by atoms with Crippen LogP contribution in [0.15, 0.2) is 42.5 Å². The molecule has 0 aliphatic carbocycles. The second kappa shape index (κ2) is 5.58. The largest absolute Gasteiger partial charge is 0.397 e. The summed E-state index contributed by atoms with van der Waals surface area (Å²) in [4.78, 5) is 12.0. The molecule has 0 unspecified atom stereocenters. The molecule has 0 aromatic heterocycles. The van der Waals surface area contributed by atoms with E-state index in [-0.39, 0.29) is 5.91 Å². The Bertz CT molecular complexity index is 584. The van der Waals surface area contributed by atoms with Crippen LogP contribution in [-0.4, -0.2) is 5.91 Å². The molecule has 92 valence electrons. The Morgan fingerprint density at radius 3 is 2.50 bits per heavy atom. The van der Waals surface area contributed by atoms with Gasteiger partial charge in [0, 0.05) is 14.2 Å². The van der Waals surface area contributed by atoms with Gasteiger partial charge in [0.25, 0.3) is 5.91 Å². The maximum atomic E-state index is 12.0. The van der Waals surface area contributed by atoms with Crippen molar-refractivity contribution in [1.29, 1.82) is 0 Å². The minimum atomic E-state index is -0.208. The zero-order valence-electron chi connectivity index (χ0n) is 9.28. The van der Waals surface area contributed by atoms with Gasteiger partial charge < -0.3 is 11.1 Å². The molecular weight excluding hydrogens is 363 g/mol. The lowest BCUT2D eigenvalue weighted by Gasteiger charge is -2.08. The third-order valence-corrected chi connectivity index (χ3v) is 3.32. The second-order valence-electron chi connectivity index (χ2n) is 3.69. The topological polar surface area (TPSA) is 55.1 Å². The Balaban J connectivity index is 2.21. The van der Waals surface area contributed by atoms with E-state index in [2.05, 4.69) is 27.9 Å². The van der Waals surface area contributed by atoms with Crippen molar-refractivity contribution in [3.8, 4) is 0 Å². The molecule has 0 bridgehead atoms. The van der Waals surface area contributed by atoms with Crippen molar-refractivity contribution in [3.63, 3.8) is 0 Å². The third-order valence-electron chi connectivity index (χ3n) is 2.37. The van der Waals surface area contributed by atoms with Gasteiger partial charge in [-0.2, -0.15) is 0 Å². The van der Waals surface area contributed by atoms with Crippen molar-refractivity contribution >= 4 is 51.5 Å². The highest BCUT2D eigenvalue weighted by molar-refractivity contribution is 14.1. The quantitative estimate of drug-likeness (QED) is 0.623. The number of carbonyl (C=O) groups is 1. The summed E-state index contributed by atoms with van der Waals surface area (Å²) in [6.45, 7) is 0. The first-order valence-corrected chi connectivity index (χ1v) is 6.64. The maximum absolute atomic E-state index is 12.0. The molecule has 3 N–H and O–H groups in total. The Labute approximate surface area is 123 Å². The first kappa shape index (κ1) is 13.2. The zero-order valence-corrected chi connectivity index (χ0v) is 12.2. The van der Waals surface area contributed by atoms with Crippen LogP contribution in [0, 0.1) is 3.57 Å². The molecule has 5 heteroatoms. The van der Waals surface area contributed by atoms with Gasteiger partial charge in [0.05, 0.1) is 11.4 Å². The van der Waals surface area contributed by atoms with E-state index in [1.54, 1.807) is 30.3 Å². The van der Waals surface area contributed by atoms with E-state index in [0.29, 0.717) is 22.0 Å². The van der Waals surface area contributed by atoms with E-state index in [9.17, 15) is 4.79 Å². The van der Waals surface area contributed by atoms with Gasteiger partial charge in [-0.25, -0.2) is 0 Å². The highest BCUT2D eigenvalue weighted by Gasteiger charge is 2.08.